The molecule has 4 rings (SSSR count). The maximum atomic E-state index is 11.0. The van der Waals surface area contributed by atoms with Crippen molar-refractivity contribution in [3.63, 3.8) is 0 Å². The minimum absolute atomic E-state index is 0.194. The van der Waals surface area contributed by atoms with Gasteiger partial charge >= 0.3 is 0 Å². The molecule has 0 amide bonds. The van der Waals surface area contributed by atoms with Gasteiger partial charge in [0.2, 0.25) is 0 Å². The van der Waals surface area contributed by atoms with Crippen molar-refractivity contribution in [3.8, 4) is 11.5 Å². The Kier molecular flexibility index (Phi) is 4.81. The van der Waals surface area contributed by atoms with Gasteiger partial charge in [-0.25, -0.2) is 0 Å². The number of hydrogen-bond donors (Lipinski definition) is 1. The van der Waals surface area contributed by atoms with Crippen molar-refractivity contribution in [1.29, 1.82) is 0 Å². The number of fused-ring (bicyclic) bond motifs is 3. The second-order valence-electron chi connectivity index (χ2n) is 10.1. The van der Waals surface area contributed by atoms with Crippen LogP contribution in [0.2, 0.25) is 0 Å². The van der Waals surface area contributed by atoms with Gasteiger partial charge in [-0.15, -0.1) is 0 Å². The Hall–Kier alpha value is -1.44. The quantitative estimate of drug-likeness (QED) is 0.586. The molecule has 0 bridgehead atoms. The molecule has 0 aromatic heterocycles. The van der Waals surface area contributed by atoms with E-state index in [1.54, 1.807) is 0 Å². The first-order valence-electron chi connectivity index (χ1n) is 11.0. The number of phenolic OH excluding ortho intramolecular Hbond substituents is 1. The summed E-state index contributed by atoms with van der Waals surface area (Å²) in [5, 5.41) is 11.0. The van der Waals surface area contributed by atoms with Crippen molar-refractivity contribution in [2.75, 3.05) is 0 Å². The first kappa shape index (κ1) is 18.9. The Bertz CT molecular complexity index is 739. The van der Waals surface area contributed by atoms with Crippen LogP contribution in [0.25, 0.3) is 0 Å². The standard InChI is InChI=1S/C25H36O2/c1-15-10-11-21-20(12-15)24-22(26)13-19(14-23(24)27-25(21,4)5)17(3)16(2)18-8-6-7-9-18/h10,13-14,16-18,20-21,26H,6-9,11-12H2,1-5H3/t16?,17?,20-,21+/m0/s1. The predicted molar refractivity (Wildman–Crippen MR) is 112 cm³/mol. The van der Waals surface area contributed by atoms with E-state index in [-0.39, 0.29) is 5.60 Å². The van der Waals surface area contributed by atoms with Gasteiger partial charge in [-0.2, -0.15) is 0 Å². The van der Waals surface area contributed by atoms with E-state index in [9.17, 15) is 5.11 Å². The van der Waals surface area contributed by atoms with E-state index < -0.39 is 0 Å². The van der Waals surface area contributed by atoms with Crippen molar-refractivity contribution in [3.05, 3.63) is 34.9 Å². The number of allylic oxidation sites excluding steroid dienone is 2. The van der Waals surface area contributed by atoms with Crippen molar-refractivity contribution in [1.82, 2.24) is 0 Å². The van der Waals surface area contributed by atoms with Crippen LogP contribution in [0.15, 0.2) is 23.8 Å². The Balaban J connectivity index is 1.69. The van der Waals surface area contributed by atoms with E-state index in [0.717, 1.165) is 30.1 Å². The summed E-state index contributed by atoms with van der Waals surface area (Å²) in [7, 11) is 0. The van der Waals surface area contributed by atoms with Crippen molar-refractivity contribution in [2.24, 2.45) is 17.8 Å². The van der Waals surface area contributed by atoms with Crippen LogP contribution in [0.3, 0.4) is 0 Å². The maximum Gasteiger partial charge on any atom is 0.127 e. The summed E-state index contributed by atoms with van der Waals surface area (Å²) in [6.07, 6.45) is 9.91. The van der Waals surface area contributed by atoms with Gasteiger partial charge < -0.3 is 9.84 Å². The lowest BCUT2D eigenvalue weighted by Crippen LogP contribution is -2.45. The zero-order valence-electron chi connectivity index (χ0n) is 17.7. The monoisotopic (exact) mass is 368 g/mol. The first-order chi connectivity index (χ1) is 12.8. The lowest BCUT2D eigenvalue weighted by molar-refractivity contribution is 0.00746. The highest BCUT2D eigenvalue weighted by Crippen LogP contribution is 2.55. The summed E-state index contributed by atoms with van der Waals surface area (Å²) in [5.41, 5.74) is 3.53. The lowest BCUT2D eigenvalue weighted by atomic mass is 9.67. The molecule has 27 heavy (non-hydrogen) atoms. The summed E-state index contributed by atoms with van der Waals surface area (Å²) in [6, 6.07) is 4.29. The minimum atomic E-state index is -0.194. The van der Waals surface area contributed by atoms with E-state index >= 15 is 0 Å². The molecule has 4 atom stereocenters. The van der Waals surface area contributed by atoms with Crippen LogP contribution in [0.5, 0.6) is 11.5 Å². The maximum absolute atomic E-state index is 11.0. The van der Waals surface area contributed by atoms with Crippen molar-refractivity contribution >= 4 is 0 Å². The molecule has 2 nitrogen and oxygen atoms in total. The summed E-state index contributed by atoms with van der Waals surface area (Å²) in [5.74, 6) is 4.09. The second-order valence-corrected chi connectivity index (χ2v) is 10.1. The molecule has 148 valence electrons. The Morgan fingerprint density at radius 1 is 1.15 bits per heavy atom. The molecule has 1 aliphatic heterocycles. The Morgan fingerprint density at radius 2 is 1.85 bits per heavy atom. The fourth-order valence-corrected chi connectivity index (χ4v) is 6.04. The predicted octanol–water partition coefficient (Wildman–Crippen LogP) is 6.93. The molecule has 2 unspecified atom stereocenters. The molecular formula is C25H36O2. The highest BCUT2D eigenvalue weighted by atomic mass is 16.5. The number of aromatic hydroxyl groups is 1. The van der Waals surface area contributed by atoms with Gasteiger partial charge in [0.05, 0.1) is 0 Å². The third-order valence-corrected chi connectivity index (χ3v) is 7.99. The van der Waals surface area contributed by atoms with Gasteiger partial charge in [-0.3, -0.25) is 0 Å². The van der Waals surface area contributed by atoms with Crippen LogP contribution >= 0.6 is 0 Å². The van der Waals surface area contributed by atoms with Crippen LogP contribution in [0.4, 0.5) is 0 Å². The van der Waals surface area contributed by atoms with Crippen LogP contribution in [-0.4, -0.2) is 10.7 Å². The molecule has 1 N–H and O–H groups in total. The average Bonchev–Trinajstić information content (AvgIpc) is 3.13. The summed E-state index contributed by atoms with van der Waals surface area (Å²) >= 11 is 0. The summed E-state index contributed by atoms with van der Waals surface area (Å²) in [6.45, 7) is 11.4. The first-order valence-corrected chi connectivity index (χ1v) is 11.0. The molecule has 2 aliphatic carbocycles. The van der Waals surface area contributed by atoms with Crippen molar-refractivity contribution < 1.29 is 9.84 Å². The minimum Gasteiger partial charge on any atom is -0.508 e. The van der Waals surface area contributed by atoms with E-state index in [1.807, 2.05) is 6.07 Å². The molecule has 2 heteroatoms. The number of benzene rings is 1. The largest absolute Gasteiger partial charge is 0.508 e. The third kappa shape index (κ3) is 3.30. The van der Waals surface area contributed by atoms with Gasteiger partial charge in [0, 0.05) is 17.4 Å². The Morgan fingerprint density at radius 3 is 2.56 bits per heavy atom. The van der Waals surface area contributed by atoms with E-state index in [2.05, 4.69) is 46.8 Å². The highest BCUT2D eigenvalue weighted by molar-refractivity contribution is 5.53. The number of phenols is 1. The number of ether oxygens (including phenoxy) is 1. The zero-order valence-corrected chi connectivity index (χ0v) is 17.7. The topological polar surface area (TPSA) is 29.5 Å². The summed E-state index contributed by atoms with van der Waals surface area (Å²) < 4.78 is 6.51. The lowest BCUT2D eigenvalue weighted by Gasteiger charge is -2.47. The van der Waals surface area contributed by atoms with Crippen LogP contribution in [0, 0.1) is 17.8 Å². The molecule has 1 aromatic carbocycles. The molecule has 0 spiro atoms. The van der Waals surface area contributed by atoms with Crippen molar-refractivity contribution in [2.45, 2.75) is 90.6 Å². The molecule has 1 aromatic rings. The smallest absolute Gasteiger partial charge is 0.127 e. The van der Waals surface area contributed by atoms with E-state index in [0.29, 0.717) is 29.4 Å². The third-order valence-electron chi connectivity index (χ3n) is 7.99. The van der Waals surface area contributed by atoms with Crippen LogP contribution in [-0.2, 0) is 0 Å². The fourth-order valence-electron chi connectivity index (χ4n) is 6.04. The van der Waals surface area contributed by atoms with E-state index in [4.69, 9.17) is 4.74 Å². The molecule has 1 saturated carbocycles. The normalized spacial score (nSPS) is 29.3. The van der Waals surface area contributed by atoms with E-state index in [1.165, 1.54) is 36.8 Å². The molecule has 3 aliphatic rings. The van der Waals surface area contributed by atoms with Gasteiger partial charge in [0.15, 0.2) is 0 Å². The van der Waals surface area contributed by atoms with Crippen LogP contribution < -0.4 is 4.74 Å². The summed E-state index contributed by atoms with van der Waals surface area (Å²) in [4.78, 5) is 0. The number of rotatable bonds is 3. The molecule has 1 heterocycles. The van der Waals surface area contributed by atoms with Gasteiger partial charge in [0.25, 0.3) is 0 Å². The fraction of sp³-hybridized carbons (Fsp3) is 0.680. The van der Waals surface area contributed by atoms with Gasteiger partial charge in [-0.1, -0.05) is 51.2 Å². The van der Waals surface area contributed by atoms with Gasteiger partial charge in [0.1, 0.15) is 17.1 Å². The highest BCUT2D eigenvalue weighted by Gasteiger charge is 2.46. The van der Waals surface area contributed by atoms with Gasteiger partial charge in [-0.05, 0) is 69.1 Å². The molecular weight excluding hydrogens is 332 g/mol. The Labute approximate surface area is 165 Å². The average molecular weight is 369 g/mol. The van der Waals surface area contributed by atoms with Crippen LogP contribution in [0.1, 0.15) is 96.1 Å². The molecule has 0 saturated heterocycles. The second kappa shape index (κ2) is 6.87. The molecule has 0 radical (unpaired) electrons. The molecule has 1 fully saturated rings. The number of hydrogen-bond acceptors (Lipinski definition) is 2. The SMILES string of the molecule is CC1=CC[C@@H]2[C@H](C1)c1c(O)cc(C(C)C(C)C3CCCC3)cc1OC2(C)C. The zero-order chi connectivity index (χ0) is 19.3.